The number of nitrogens with zero attached hydrogens (tertiary/aromatic N) is 1. The number of hydrogen-bond acceptors (Lipinski definition) is 3. The van der Waals surface area contributed by atoms with Crippen molar-refractivity contribution in [2.75, 3.05) is 4.90 Å². The number of carbonyl (C=O) groups is 2. The Morgan fingerprint density at radius 3 is 2.48 bits per heavy atom. The smallest absolute Gasteiger partial charge is 0.303 e. The quantitative estimate of drug-likeness (QED) is 0.869. The number of rotatable bonds is 3. The fourth-order valence-electron chi connectivity index (χ4n) is 3.23. The third kappa shape index (κ3) is 3.24. The highest BCUT2D eigenvalue weighted by atomic mass is 19.4. The fourth-order valence-corrected chi connectivity index (χ4v) is 3.23. The zero-order valence-corrected chi connectivity index (χ0v) is 12.4. The van der Waals surface area contributed by atoms with Crippen LogP contribution in [0.3, 0.4) is 0 Å². The van der Waals surface area contributed by atoms with Gasteiger partial charge in [-0.1, -0.05) is 18.9 Å². The second-order valence-corrected chi connectivity index (χ2v) is 6.02. The molecule has 23 heavy (non-hydrogen) atoms. The summed E-state index contributed by atoms with van der Waals surface area (Å²) in [6.07, 6.45) is -0.425. The molecule has 1 aromatic rings. The van der Waals surface area contributed by atoms with E-state index in [1.165, 1.54) is 12.1 Å². The van der Waals surface area contributed by atoms with E-state index in [4.69, 9.17) is 0 Å². The predicted molar refractivity (Wildman–Crippen MR) is 77.7 cm³/mol. The lowest BCUT2D eigenvalue weighted by Crippen LogP contribution is -2.43. The topological polar surface area (TPSA) is 49.4 Å². The highest BCUT2D eigenvalue weighted by Gasteiger charge is 2.41. The van der Waals surface area contributed by atoms with Gasteiger partial charge in [0.1, 0.15) is 0 Å². The number of nitrogens with one attached hydrogen (secondary N) is 1. The molecule has 0 aromatic heterocycles. The summed E-state index contributed by atoms with van der Waals surface area (Å²) in [5, 5.41) is 3.17. The molecule has 1 aromatic carbocycles. The molecule has 1 saturated heterocycles. The van der Waals surface area contributed by atoms with E-state index in [0.717, 1.165) is 42.7 Å². The minimum atomic E-state index is -4.51. The first-order valence-corrected chi connectivity index (χ1v) is 7.66. The van der Waals surface area contributed by atoms with Gasteiger partial charge in [0.15, 0.2) is 0 Å². The second kappa shape index (κ2) is 5.96. The summed E-state index contributed by atoms with van der Waals surface area (Å²) in [4.78, 5) is 25.4. The van der Waals surface area contributed by atoms with Crippen LogP contribution in [0.2, 0.25) is 0 Å². The van der Waals surface area contributed by atoms with Gasteiger partial charge in [-0.15, -0.1) is 0 Å². The van der Waals surface area contributed by atoms with Crippen molar-refractivity contribution in [3.8, 4) is 0 Å². The molecule has 2 aliphatic rings. The molecule has 0 bridgehead atoms. The summed E-state index contributed by atoms with van der Waals surface area (Å²) >= 11 is 0. The van der Waals surface area contributed by atoms with Gasteiger partial charge in [0.25, 0.3) is 5.91 Å². The molecule has 0 unspecified atom stereocenters. The Morgan fingerprint density at radius 2 is 1.83 bits per heavy atom. The Kier molecular flexibility index (Phi) is 4.14. The average molecular weight is 326 g/mol. The molecule has 4 nitrogen and oxygen atoms in total. The maximum atomic E-state index is 12.8. The van der Waals surface area contributed by atoms with Crippen molar-refractivity contribution in [2.45, 2.75) is 50.4 Å². The zero-order chi connectivity index (χ0) is 16.6. The molecule has 1 N–H and O–H groups in total. The van der Waals surface area contributed by atoms with E-state index in [0.29, 0.717) is 0 Å². The molecule has 1 atom stereocenters. The van der Waals surface area contributed by atoms with Gasteiger partial charge in [0.05, 0.1) is 23.7 Å². The Labute approximate surface area is 131 Å². The molecular formula is C16H17F3N2O2. The van der Waals surface area contributed by atoms with Gasteiger partial charge in [-0.2, -0.15) is 13.2 Å². The van der Waals surface area contributed by atoms with E-state index < -0.39 is 29.6 Å². The Morgan fingerprint density at radius 1 is 1.13 bits per heavy atom. The summed E-state index contributed by atoms with van der Waals surface area (Å²) < 4.78 is 38.4. The number of alkyl halides is 3. The Bertz CT molecular complexity index is 624. The van der Waals surface area contributed by atoms with Crippen molar-refractivity contribution in [2.24, 2.45) is 0 Å². The molecule has 1 heterocycles. The lowest BCUT2D eigenvalue weighted by Gasteiger charge is -2.19. The third-order valence-corrected chi connectivity index (χ3v) is 4.37. The van der Waals surface area contributed by atoms with E-state index in [1.807, 2.05) is 0 Å². The summed E-state index contributed by atoms with van der Waals surface area (Å²) in [7, 11) is 0. The molecule has 0 radical (unpaired) electrons. The van der Waals surface area contributed by atoms with Gasteiger partial charge in [-0.05, 0) is 31.0 Å². The van der Waals surface area contributed by atoms with Crippen LogP contribution < -0.4 is 10.2 Å². The van der Waals surface area contributed by atoms with Crippen molar-refractivity contribution in [1.29, 1.82) is 0 Å². The minimum Gasteiger partial charge on any atom is -0.303 e. The average Bonchev–Trinajstić information content (AvgIpc) is 3.08. The third-order valence-electron chi connectivity index (χ3n) is 4.37. The standard InChI is InChI=1S/C16H17F3N2O2/c17-16(18,19)10-4-3-7-12(8-10)21-14(22)9-13(15(21)23)20-11-5-1-2-6-11/h3-4,7-8,11,13,20H,1-2,5-6,9H2/t13-/m0/s1. The van der Waals surface area contributed by atoms with Crippen LogP contribution in [0, 0.1) is 0 Å². The number of halogens is 3. The largest absolute Gasteiger partial charge is 0.416 e. The number of anilines is 1. The Hall–Kier alpha value is -1.89. The summed E-state index contributed by atoms with van der Waals surface area (Å²) in [5.74, 6) is -0.939. The predicted octanol–water partition coefficient (Wildman–Crippen LogP) is 2.87. The molecule has 2 amide bonds. The Balaban J connectivity index is 1.80. The highest BCUT2D eigenvalue weighted by molar-refractivity contribution is 6.22. The number of hydrogen-bond donors (Lipinski definition) is 1. The lowest BCUT2D eigenvalue weighted by molar-refractivity contribution is -0.137. The molecule has 0 spiro atoms. The maximum absolute atomic E-state index is 12.8. The SMILES string of the molecule is O=C1C[C@H](NC2CCCC2)C(=O)N1c1cccc(C(F)(F)F)c1. The monoisotopic (exact) mass is 326 g/mol. The van der Waals surface area contributed by atoms with Gasteiger partial charge in [-0.3, -0.25) is 9.59 Å². The highest BCUT2D eigenvalue weighted by Crippen LogP contribution is 2.33. The second-order valence-electron chi connectivity index (χ2n) is 6.02. The van der Waals surface area contributed by atoms with Crippen LogP contribution >= 0.6 is 0 Å². The molecule has 1 saturated carbocycles. The summed E-state index contributed by atoms with van der Waals surface area (Å²) in [6, 6.07) is 3.88. The van der Waals surface area contributed by atoms with Crippen molar-refractivity contribution in [3.63, 3.8) is 0 Å². The normalized spacial score (nSPS) is 23.1. The van der Waals surface area contributed by atoms with Crippen LogP contribution in [0.1, 0.15) is 37.7 Å². The van der Waals surface area contributed by atoms with Crippen molar-refractivity contribution in [1.82, 2.24) is 5.32 Å². The van der Waals surface area contributed by atoms with Crippen LogP contribution in [0.25, 0.3) is 0 Å². The van der Waals surface area contributed by atoms with Crippen LogP contribution in [-0.4, -0.2) is 23.9 Å². The number of benzene rings is 1. The van der Waals surface area contributed by atoms with E-state index in [1.54, 1.807) is 0 Å². The summed E-state index contributed by atoms with van der Waals surface area (Å²) in [6.45, 7) is 0. The summed E-state index contributed by atoms with van der Waals surface area (Å²) in [5.41, 5.74) is -0.895. The molecular weight excluding hydrogens is 309 g/mol. The van der Waals surface area contributed by atoms with Gasteiger partial charge in [0, 0.05) is 6.04 Å². The van der Waals surface area contributed by atoms with Crippen LogP contribution in [0.4, 0.5) is 18.9 Å². The van der Waals surface area contributed by atoms with E-state index in [2.05, 4.69) is 5.32 Å². The van der Waals surface area contributed by atoms with E-state index >= 15 is 0 Å². The number of amides is 2. The van der Waals surface area contributed by atoms with Gasteiger partial charge in [0.2, 0.25) is 5.91 Å². The molecule has 124 valence electrons. The fraction of sp³-hybridized carbons (Fsp3) is 0.500. The first-order valence-electron chi connectivity index (χ1n) is 7.66. The minimum absolute atomic E-state index is 0.00835. The lowest BCUT2D eigenvalue weighted by atomic mass is 10.1. The maximum Gasteiger partial charge on any atom is 0.416 e. The van der Waals surface area contributed by atoms with Crippen LogP contribution in [-0.2, 0) is 15.8 Å². The van der Waals surface area contributed by atoms with Crippen LogP contribution in [0.5, 0.6) is 0 Å². The number of carbonyl (C=O) groups excluding carboxylic acids is 2. The molecule has 7 heteroatoms. The van der Waals surface area contributed by atoms with Crippen molar-refractivity contribution >= 4 is 17.5 Å². The first-order chi connectivity index (χ1) is 10.9. The van der Waals surface area contributed by atoms with Crippen LogP contribution in [0.15, 0.2) is 24.3 Å². The van der Waals surface area contributed by atoms with Gasteiger partial charge >= 0.3 is 6.18 Å². The van der Waals surface area contributed by atoms with Gasteiger partial charge in [-0.25, -0.2) is 4.90 Å². The van der Waals surface area contributed by atoms with E-state index in [9.17, 15) is 22.8 Å². The number of imide groups is 1. The van der Waals surface area contributed by atoms with E-state index in [-0.39, 0.29) is 18.2 Å². The zero-order valence-electron chi connectivity index (χ0n) is 12.4. The first kappa shape index (κ1) is 16.0. The van der Waals surface area contributed by atoms with Crippen molar-refractivity contribution in [3.05, 3.63) is 29.8 Å². The van der Waals surface area contributed by atoms with Gasteiger partial charge < -0.3 is 5.32 Å². The van der Waals surface area contributed by atoms with Crippen molar-refractivity contribution < 1.29 is 22.8 Å². The molecule has 3 rings (SSSR count). The molecule has 1 aliphatic carbocycles. The molecule has 1 aliphatic heterocycles. The molecule has 2 fully saturated rings.